The van der Waals surface area contributed by atoms with E-state index in [4.69, 9.17) is 0 Å². The van der Waals surface area contributed by atoms with Gasteiger partial charge in [-0.25, -0.2) is 13.9 Å². The minimum absolute atomic E-state index is 0.0128. The predicted octanol–water partition coefficient (Wildman–Crippen LogP) is 4.07. The van der Waals surface area contributed by atoms with Gasteiger partial charge in [-0.1, -0.05) is 0 Å². The number of halogens is 1. The minimum atomic E-state index is -1.11. The Morgan fingerprint density at radius 1 is 1.17 bits per heavy atom. The molecule has 3 aromatic rings. The molecule has 2 N–H and O–H groups in total. The molecule has 3 rings (SSSR count). The minimum Gasteiger partial charge on any atom is -0.478 e. The molecular weight excluding hydrogens is 309 g/mol. The fourth-order valence-corrected chi connectivity index (χ4v) is 2.34. The van der Waals surface area contributed by atoms with Crippen molar-refractivity contribution in [2.24, 2.45) is 0 Å². The van der Waals surface area contributed by atoms with Gasteiger partial charge in [-0.15, -0.1) is 0 Å². The lowest BCUT2D eigenvalue weighted by molar-refractivity contribution is 0.0698. The highest BCUT2D eigenvalue weighted by atomic mass is 19.1. The van der Waals surface area contributed by atoms with E-state index < -0.39 is 11.8 Å². The van der Waals surface area contributed by atoms with Gasteiger partial charge in [-0.05, 0) is 61.9 Å². The van der Waals surface area contributed by atoms with Gasteiger partial charge in [0.2, 0.25) is 0 Å². The Balaban J connectivity index is 1.87. The van der Waals surface area contributed by atoms with Crippen molar-refractivity contribution in [1.82, 2.24) is 9.78 Å². The third kappa shape index (κ3) is 3.12. The Morgan fingerprint density at radius 2 is 1.88 bits per heavy atom. The van der Waals surface area contributed by atoms with E-state index in [1.165, 1.54) is 6.07 Å². The molecule has 24 heavy (non-hydrogen) atoms. The number of hydrogen-bond donors (Lipinski definition) is 2. The fourth-order valence-electron chi connectivity index (χ4n) is 2.34. The molecule has 0 fully saturated rings. The summed E-state index contributed by atoms with van der Waals surface area (Å²) in [5.41, 5.74) is 3.83. The molecule has 0 radical (unpaired) electrons. The molecular formula is C18H16FN3O2. The molecule has 0 saturated carbocycles. The number of benzene rings is 2. The molecule has 122 valence electrons. The summed E-state index contributed by atoms with van der Waals surface area (Å²) in [6.07, 6.45) is 1.94. The second-order valence-electron chi connectivity index (χ2n) is 5.51. The van der Waals surface area contributed by atoms with E-state index in [-0.39, 0.29) is 11.3 Å². The van der Waals surface area contributed by atoms with Crippen molar-refractivity contribution in [1.29, 1.82) is 0 Å². The van der Waals surface area contributed by atoms with E-state index in [2.05, 4.69) is 10.4 Å². The maximum Gasteiger partial charge on any atom is 0.337 e. The van der Waals surface area contributed by atoms with Crippen molar-refractivity contribution in [3.8, 4) is 5.69 Å². The molecule has 0 unspecified atom stereocenters. The molecule has 0 saturated heterocycles. The molecule has 0 bridgehead atoms. The van der Waals surface area contributed by atoms with E-state index in [1.807, 2.05) is 32.2 Å². The van der Waals surface area contributed by atoms with Crippen LogP contribution in [0.1, 0.15) is 21.6 Å². The molecule has 0 amide bonds. The van der Waals surface area contributed by atoms with Gasteiger partial charge in [0.15, 0.2) is 0 Å². The predicted molar refractivity (Wildman–Crippen MR) is 89.7 cm³/mol. The molecule has 0 aliphatic heterocycles. The topological polar surface area (TPSA) is 67.2 Å². The summed E-state index contributed by atoms with van der Waals surface area (Å²) in [4.78, 5) is 11.2. The van der Waals surface area contributed by atoms with Crippen LogP contribution in [0.25, 0.3) is 5.69 Å². The van der Waals surface area contributed by atoms with Gasteiger partial charge < -0.3 is 10.4 Å². The first-order valence-corrected chi connectivity index (χ1v) is 7.37. The fraction of sp³-hybridized carbons (Fsp3) is 0.111. The lowest BCUT2D eigenvalue weighted by Gasteiger charge is -2.10. The second-order valence-corrected chi connectivity index (χ2v) is 5.51. The molecule has 0 aliphatic rings. The van der Waals surface area contributed by atoms with E-state index >= 15 is 0 Å². The number of carbonyl (C=O) groups is 1. The highest BCUT2D eigenvalue weighted by molar-refractivity contribution is 5.95. The quantitative estimate of drug-likeness (QED) is 0.759. The third-order valence-electron chi connectivity index (χ3n) is 3.77. The lowest BCUT2D eigenvalue weighted by Crippen LogP contribution is -2.03. The summed E-state index contributed by atoms with van der Waals surface area (Å²) in [6.45, 7) is 3.94. The largest absolute Gasteiger partial charge is 0.478 e. The van der Waals surface area contributed by atoms with Gasteiger partial charge >= 0.3 is 5.97 Å². The van der Waals surface area contributed by atoms with E-state index in [0.29, 0.717) is 5.69 Å². The Bertz CT molecular complexity index is 882. The van der Waals surface area contributed by atoms with Crippen molar-refractivity contribution in [3.05, 3.63) is 71.3 Å². The standard InChI is InChI=1S/C18H16FN3O2/c1-11-10-22(21-12(11)2)15-6-4-14(5-7-15)20-17-9-13(19)3-8-16(17)18(23)24/h3-10,20H,1-2H3,(H,23,24). The van der Waals surface area contributed by atoms with Crippen LogP contribution in [0.15, 0.2) is 48.7 Å². The van der Waals surface area contributed by atoms with Crippen LogP contribution in [0.2, 0.25) is 0 Å². The van der Waals surface area contributed by atoms with Crippen LogP contribution in [0.3, 0.4) is 0 Å². The molecule has 0 aliphatic carbocycles. The number of aromatic carboxylic acids is 1. The normalized spacial score (nSPS) is 10.6. The number of anilines is 2. The summed E-state index contributed by atoms with van der Waals surface area (Å²) in [7, 11) is 0. The maximum absolute atomic E-state index is 13.4. The Morgan fingerprint density at radius 3 is 2.46 bits per heavy atom. The summed E-state index contributed by atoms with van der Waals surface area (Å²) >= 11 is 0. The number of rotatable bonds is 4. The smallest absolute Gasteiger partial charge is 0.337 e. The molecule has 2 aromatic carbocycles. The first kappa shape index (κ1) is 15.7. The summed E-state index contributed by atoms with van der Waals surface area (Å²) < 4.78 is 15.2. The van der Waals surface area contributed by atoms with Gasteiger partial charge in [0.25, 0.3) is 0 Å². The molecule has 5 nitrogen and oxygen atoms in total. The molecule has 0 atom stereocenters. The lowest BCUT2D eigenvalue weighted by atomic mass is 10.1. The monoisotopic (exact) mass is 325 g/mol. The average molecular weight is 325 g/mol. The second kappa shape index (κ2) is 6.16. The van der Waals surface area contributed by atoms with E-state index in [9.17, 15) is 14.3 Å². The van der Waals surface area contributed by atoms with E-state index in [0.717, 1.165) is 29.1 Å². The van der Waals surface area contributed by atoms with Gasteiger partial charge in [0.05, 0.1) is 22.6 Å². The first-order valence-electron chi connectivity index (χ1n) is 7.37. The van der Waals surface area contributed by atoms with Gasteiger partial charge in [0, 0.05) is 11.9 Å². The van der Waals surface area contributed by atoms with Crippen molar-refractivity contribution in [3.63, 3.8) is 0 Å². The number of nitrogens with zero attached hydrogens (tertiary/aromatic N) is 2. The number of carboxylic acid groups (broad SMARTS) is 1. The first-order chi connectivity index (χ1) is 11.4. The number of hydrogen-bond acceptors (Lipinski definition) is 3. The number of aromatic nitrogens is 2. The van der Waals surface area contributed by atoms with Crippen molar-refractivity contribution in [2.45, 2.75) is 13.8 Å². The van der Waals surface area contributed by atoms with Crippen LogP contribution in [0.5, 0.6) is 0 Å². The Labute approximate surface area is 138 Å². The number of nitrogens with one attached hydrogen (secondary N) is 1. The van der Waals surface area contributed by atoms with Crippen LogP contribution < -0.4 is 5.32 Å². The number of aryl methyl sites for hydroxylation is 2. The zero-order chi connectivity index (χ0) is 17.3. The van der Waals surface area contributed by atoms with Crippen LogP contribution in [-0.2, 0) is 0 Å². The zero-order valence-electron chi connectivity index (χ0n) is 13.2. The zero-order valence-corrected chi connectivity index (χ0v) is 13.2. The summed E-state index contributed by atoms with van der Waals surface area (Å²) in [6, 6.07) is 10.8. The number of carboxylic acids is 1. The third-order valence-corrected chi connectivity index (χ3v) is 3.77. The molecule has 0 spiro atoms. The Hall–Kier alpha value is -3.15. The van der Waals surface area contributed by atoms with Crippen LogP contribution in [0.4, 0.5) is 15.8 Å². The SMILES string of the molecule is Cc1cn(-c2ccc(Nc3cc(F)ccc3C(=O)O)cc2)nc1C. The van der Waals surface area contributed by atoms with Crippen molar-refractivity contribution < 1.29 is 14.3 Å². The molecule has 6 heteroatoms. The highest BCUT2D eigenvalue weighted by Crippen LogP contribution is 2.23. The average Bonchev–Trinajstić information content (AvgIpc) is 2.87. The van der Waals surface area contributed by atoms with Crippen molar-refractivity contribution in [2.75, 3.05) is 5.32 Å². The Kier molecular flexibility index (Phi) is 4.04. The van der Waals surface area contributed by atoms with Crippen LogP contribution in [-0.4, -0.2) is 20.9 Å². The highest BCUT2D eigenvalue weighted by Gasteiger charge is 2.11. The van der Waals surface area contributed by atoms with Gasteiger partial charge in [-0.3, -0.25) is 0 Å². The van der Waals surface area contributed by atoms with Gasteiger partial charge in [-0.2, -0.15) is 5.10 Å². The maximum atomic E-state index is 13.4. The van der Waals surface area contributed by atoms with Gasteiger partial charge in [0.1, 0.15) is 5.82 Å². The van der Waals surface area contributed by atoms with Crippen LogP contribution in [0, 0.1) is 19.7 Å². The molecule has 1 aromatic heterocycles. The summed E-state index contributed by atoms with van der Waals surface area (Å²) in [5.74, 6) is -1.61. The van der Waals surface area contributed by atoms with E-state index in [1.54, 1.807) is 16.8 Å². The van der Waals surface area contributed by atoms with Crippen molar-refractivity contribution >= 4 is 17.3 Å². The van der Waals surface area contributed by atoms with Crippen LogP contribution >= 0.6 is 0 Å². The summed E-state index contributed by atoms with van der Waals surface area (Å²) in [5, 5.41) is 16.5. The molecule has 1 heterocycles.